The molecule has 1 aromatic carbocycles. The van der Waals surface area contributed by atoms with E-state index in [1.54, 1.807) is 0 Å². The summed E-state index contributed by atoms with van der Waals surface area (Å²) in [5.74, 6) is 3.67. The highest BCUT2D eigenvalue weighted by Gasteiger charge is 2.34. The topological polar surface area (TPSA) is 69.5 Å². The smallest absolute Gasteiger partial charge is 0.231 e. The minimum Gasteiger partial charge on any atom is -0.454 e. The number of amides is 1. The largest absolute Gasteiger partial charge is 0.454 e. The quantitative estimate of drug-likeness (QED) is 0.833. The lowest BCUT2D eigenvalue weighted by Gasteiger charge is -2.25. The molecule has 1 saturated heterocycles. The van der Waals surface area contributed by atoms with Gasteiger partial charge in [-0.3, -0.25) is 4.79 Å². The van der Waals surface area contributed by atoms with E-state index in [2.05, 4.69) is 14.8 Å². The Kier molecular flexibility index (Phi) is 4.22. The predicted octanol–water partition coefficient (Wildman–Crippen LogP) is 2.64. The van der Waals surface area contributed by atoms with Crippen LogP contribution in [0.1, 0.15) is 55.4 Å². The molecule has 1 amide bonds. The van der Waals surface area contributed by atoms with Crippen LogP contribution in [-0.4, -0.2) is 38.9 Å². The first-order valence-electron chi connectivity index (χ1n) is 9.89. The van der Waals surface area contributed by atoms with Crippen LogP contribution in [-0.2, 0) is 24.2 Å². The van der Waals surface area contributed by atoms with Crippen molar-refractivity contribution in [3.63, 3.8) is 0 Å². The molecule has 0 bridgehead atoms. The zero-order valence-electron chi connectivity index (χ0n) is 15.4. The summed E-state index contributed by atoms with van der Waals surface area (Å²) in [5.41, 5.74) is 0.954. The van der Waals surface area contributed by atoms with Crippen LogP contribution in [0.5, 0.6) is 11.5 Å². The van der Waals surface area contributed by atoms with E-state index in [0.29, 0.717) is 6.42 Å². The van der Waals surface area contributed by atoms with Gasteiger partial charge >= 0.3 is 0 Å². The second kappa shape index (κ2) is 6.87. The van der Waals surface area contributed by atoms with Crippen LogP contribution in [0, 0.1) is 0 Å². The van der Waals surface area contributed by atoms with Crippen LogP contribution < -0.4 is 9.47 Å². The molecule has 1 fully saturated rings. The van der Waals surface area contributed by atoms with E-state index in [9.17, 15) is 4.79 Å². The molecule has 3 aliphatic heterocycles. The number of aryl methyl sites for hydroxylation is 1. The highest BCUT2D eigenvalue weighted by molar-refractivity contribution is 5.79. The average Bonchev–Trinajstić information content (AvgIpc) is 3.38. The summed E-state index contributed by atoms with van der Waals surface area (Å²) in [6.45, 7) is 2.01. The Hall–Kier alpha value is -2.57. The fraction of sp³-hybridized carbons (Fsp3) is 0.550. The maximum absolute atomic E-state index is 13.1. The molecular weight excluding hydrogens is 344 g/mol. The van der Waals surface area contributed by atoms with Gasteiger partial charge in [-0.15, -0.1) is 10.2 Å². The summed E-state index contributed by atoms with van der Waals surface area (Å²) < 4.78 is 13.1. The molecule has 0 radical (unpaired) electrons. The van der Waals surface area contributed by atoms with E-state index < -0.39 is 0 Å². The van der Waals surface area contributed by atoms with Crippen molar-refractivity contribution < 1.29 is 14.3 Å². The van der Waals surface area contributed by atoms with E-state index >= 15 is 0 Å². The van der Waals surface area contributed by atoms with Crippen LogP contribution in [0.2, 0.25) is 0 Å². The molecule has 7 nitrogen and oxygen atoms in total. The number of aromatic nitrogens is 3. The molecule has 0 saturated carbocycles. The first kappa shape index (κ1) is 16.6. The molecule has 5 rings (SSSR count). The van der Waals surface area contributed by atoms with Gasteiger partial charge in [0.25, 0.3) is 0 Å². The van der Waals surface area contributed by atoms with Crippen molar-refractivity contribution in [1.82, 2.24) is 19.7 Å². The zero-order chi connectivity index (χ0) is 18.2. The number of ether oxygens (including phenoxy) is 2. The molecular formula is C20H24N4O3. The van der Waals surface area contributed by atoms with E-state index in [-0.39, 0.29) is 18.7 Å². The second-order valence-corrected chi connectivity index (χ2v) is 7.55. The van der Waals surface area contributed by atoms with Gasteiger partial charge in [-0.25, -0.2) is 0 Å². The Morgan fingerprint density at radius 2 is 2.00 bits per heavy atom. The van der Waals surface area contributed by atoms with Gasteiger partial charge in [-0.2, -0.15) is 0 Å². The molecule has 0 spiro atoms. The Bertz CT molecular complexity index is 863. The first-order valence-corrected chi connectivity index (χ1v) is 9.89. The molecule has 7 heteroatoms. The molecule has 4 heterocycles. The van der Waals surface area contributed by atoms with E-state index in [1.807, 2.05) is 23.1 Å². The number of carbonyl (C=O) groups is 1. The molecule has 27 heavy (non-hydrogen) atoms. The third-order valence-corrected chi connectivity index (χ3v) is 5.80. The number of nitrogens with zero attached hydrogens (tertiary/aromatic N) is 4. The van der Waals surface area contributed by atoms with E-state index in [1.165, 1.54) is 12.8 Å². The minimum atomic E-state index is 0.0471. The summed E-state index contributed by atoms with van der Waals surface area (Å²) in [7, 11) is 0. The van der Waals surface area contributed by atoms with Crippen molar-refractivity contribution in [2.45, 2.75) is 57.5 Å². The molecule has 2 aromatic rings. The number of hydrogen-bond donors (Lipinski definition) is 0. The third kappa shape index (κ3) is 3.05. The fourth-order valence-electron chi connectivity index (χ4n) is 4.41. The summed E-state index contributed by atoms with van der Waals surface area (Å²) in [4.78, 5) is 15.0. The van der Waals surface area contributed by atoms with E-state index in [0.717, 1.165) is 67.5 Å². The average molecular weight is 368 g/mol. The van der Waals surface area contributed by atoms with Crippen molar-refractivity contribution in [2.24, 2.45) is 0 Å². The predicted molar refractivity (Wildman–Crippen MR) is 97.5 cm³/mol. The summed E-state index contributed by atoms with van der Waals surface area (Å²) in [6.07, 6.45) is 6.91. The lowest BCUT2D eigenvalue weighted by molar-refractivity contribution is -0.131. The van der Waals surface area contributed by atoms with Crippen molar-refractivity contribution in [1.29, 1.82) is 0 Å². The molecule has 1 aromatic heterocycles. The van der Waals surface area contributed by atoms with Gasteiger partial charge < -0.3 is 18.9 Å². The van der Waals surface area contributed by atoms with Gasteiger partial charge in [0.2, 0.25) is 12.7 Å². The number of rotatable bonds is 3. The molecule has 1 unspecified atom stereocenters. The van der Waals surface area contributed by atoms with Crippen molar-refractivity contribution in [2.75, 3.05) is 13.3 Å². The van der Waals surface area contributed by atoms with Crippen LogP contribution >= 0.6 is 0 Å². The van der Waals surface area contributed by atoms with Crippen LogP contribution in [0.15, 0.2) is 18.2 Å². The number of carbonyl (C=O) groups excluding carboxylic acids is 1. The minimum absolute atomic E-state index is 0.0471. The Balaban J connectivity index is 1.35. The van der Waals surface area contributed by atoms with Crippen molar-refractivity contribution in [3.8, 4) is 11.5 Å². The number of fused-ring (bicyclic) bond motifs is 2. The maximum atomic E-state index is 13.1. The summed E-state index contributed by atoms with van der Waals surface area (Å²) in [5, 5.41) is 8.91. The van der Waals surface area contributed by atoms with Gasteiger partial charge in [0.1, 0.15) is 5.82 Å². The Labute approximate surface area is 158 Å². The molecule has 1 atom stereocenters. The second-order valence-electron chi connectivity index (χ2n) is 7.55. The highest BCUT2D eigenvalue weighted by atomic mass is 16.7. The maximum Gasteiger partial charge on any atom is 0.231 e. The lowest BCUT2D eigenvalue weighted by atomic mass is 10.1. The third-order valence-electron chi connectivity index (χ3n) is 5.80. The van der Waals surface area contributed by atoms with Gasteiger partial charge in [-0.05, 0) is 43.4 Å². The summed E-state index contributed by atoms with van der Waals surface area (Å²) in [6, 6.07) is 5.78. The van der Waals surface area contributed by atoms with E-state index in [4.69, 9.17) is 9.47 Å². The monoisotopic (exact) mass is 368 g/mol. The Morgan fingerprint density at radius 3 is 2.96 bits per heavy atom. The fourth-order valence-corrected chi connectivity index (χ4v) is 4.41. The van der Waals surface area contributed by atoms with Crippen LogP contribution in [0.3, 0.4) is 0 Å². The van der Waals surface area contributed by atoms with Gasteiger partial charge in [0.15, 0.2) is 17.3 Å². The lowest BCUT2D eigenvalue weighted by Crippen LogP contribution is -2.33. The number of likely N-dealkylation sites (tertiary alicyclic amines) is 1. The Morgan fingerprint density at radius 1 is 1.07 bits per heavy atom. The highest BCUT2D eigenvalue weighted by Crippen LogP contribution is 2.35. The van der Waals surface area contributed by atoms with Crippen molar-refractivity contribution in [3.05, 3.63) is 35.4 Å². The molecule has 142 valence electrons. The molecule has 0 N–H and O–H groups in total. The summed E-state index contributed by atoms with van der Waals surface area (Å²) >= 11 is 0. The molecule has 0 aliphatic carbocycles. The van der Waals surface area contributed by atoms with Gasteiger partial charge in [0.05, 0.1) is 12.5 Å². The first-order chi connectivity index (χ1) is 13.3. The van der Waals surface area contributed by atoms with Crippen LogP contribution in [0.25, 0.3) is 0 Å². The van der Waals surface area contributed by atoms with Gasteiger partial charge in [0, 0.05) is 19.5 Å². The number of hydrogen-bond acceptors (Lipinski definition) is 5. The van der Waals surface area contributed by atoms with Gasteiger partial charge in [-0.1, -0.05) is 12.5 Å². The SMILES string of the molecule is O=C(Cc1ccc2c(c1)OCO2)N1CCCC1c1nnc2n1CCCCC2. The number of benzene rings is 1. The standard InChI is InChI=1S/C20H24N4O3/c25-19(12-14-7-8-16-17(11-14)27-13-26-16)23-10-4-5-15(23)20-22-21-18-6-2-1-3-9-24(18)20/h7-8,11,15H,1-6,9-10,12-13H2. The zero-order valence-corrected chi connectivity index (χ0v) is 15.4. The van der Waals surface area contributed by atoms with Crippen LogP contribution in [0.4, 0.5) is 0 Å². The van der Waals surface area contributed by atoms with Crippen molar-refractivity contribution >= 4 is 5.91 Å². The molecule has 3 aliphatic rings. The normalized spacial score (nSPS) is 21.2.